The molecule has 0 spiro atoms. The maximum atomic E-state index is 13.9. The number of carbonyl (C=O) groups is 2. The van der Waals surface area contributed by atoms with Crippen LogP contribution in [0, 0.1) is 0 Å². The van der Waals surface area contributed by atoms with Crippen molar-refractivity contribution < 1.29 is 19.8 Å². The van der Waals surface area contributed by atoms with E-state index in [0.29, 0.717) is 43.7 Å². The van der Waals surface area contributed by atoms with Gasteiger partial charge in [0.05, 0.1) is 23.5 Å². The first kappa shape index (κ1) is 26.2. The minimum atomic E-state index is -1.09. The summed E-state index contributed by atoms with van der Waals surface area (Å²) in [6, 6.07) is 25.7. The Labute approximate surface area is 227 Å². The molecule has 1 amide bonds. The average Bonchev–Trinajstić information content (AvgIpc) is 3.36. The quantitative estimate of drug-likeness (QED) is 0.220. The lowest BCUT2D eigenvalue weighted by molar-refractivity contribution is -0.120. The fourth-order valence-electron chi connectivity index (χ4n) is 5.11. The minimum absolute atomic E-state index is 0.0237. The van der Waals surface area contributed by atoms with E-state index in [2.05, 4.69) is 22.4 Å². The van der Waals surface area contributed by atoms with Crippen LogP contribution in [-0.2, 0) is 11.2 Å². The van der Waals surface area contributed by atoms with Crippen LogP contribution in [-0.4, -0.2) is 46.2 Å². The molecule has 0 radical (unpaired) electrons. The third kappa shape index (κ3) is 5.72. The molecule has 8 heteroatoms. The number of benzene rings is 3. The number of nitrogens with one attached hydrogen (secondary N) is 2. The Balaban J connectivity index is 1.54. The number of aromatic carboxylic acids is 1. The molecular weight excluding hydrogens is 492 g/mol. The van der Waals surface area contributed by atoms with Gasteiger partial charge < -0.3 is 25.8 Å². The van der Waals surface area contributed by atoms with Crippen molar-refractivity contribution in [2.75, 3.05) is 18.0 Å². The number of carboxylic acid groups (broad SMARTS) is 1. The van der Waals surface area contributed by atoms with Crippen molar-refractivity contribution in [3.8, 4) is 16.9 Å². The maximum Gasteiger partial charge on any atom is 0.352 e. The van der Waals surface area contributed by atoms with Crippen molar-refractivity contribution in [3.63, 3.8) is 0 Å². The maximum absolute atomic E-state index is 13.9. The van der Waals surface area contributed by atoms with Crippen LogP contribution < -0.4 is 16.0 Å². The fourth-order valence-corrected chi connectivity index (χ4v) is 5.11. The molecule has 0 saturated carbocycles. The summed E-state index contributed by atoms with van der Waals surface area (Å²) in [5.41, 5.74) is 11.1. The van der Waals surface area contributed by atoms with Gasteiger partial charge in [-0.1, -0.05) is 66.7 Å². The van der Waals surface area contributed by atoms with Crippen LogP contribution >= 0.6 is 0 Å². The summed E-state index contributed by atoms with van der Waals surface area (Å²) in [5.74, 6) is -1.04. The van der Waals surface area contributed by atoms with Crippen molar-refractivity contribution in [3.05, 3.63) is 107 Å². The number of rotatable bonds is 9. The molecule has 1 aliphatic rings. The second kappa shape index (κ2) is 11.6. The highest BCUT2D eigenvalue weighted by Crippen LogP contribution is 2.36. The molecule has 0 bridgehead atoms. The van der Waals surface area contributed by atoms with Gasteiger partial charge in [0.1, 0.15) is 11.4 Å². The van der Waals surface area contributed by atoms with E-state index < -0.39 is 18.1 Å². The zero-order valence-corrected chi connectivity index (χ0v) is 21.5. The monoisotopic (exact) mass is 524 g/mol. The molecular formula is C31H32N4O4. The lowest BCUT2D eigenvalue weighted by Gasteiger charge is -2.25. The Hall–Kier alpha value is -4.40. The number of nitrogens with zero attached hydrogens (tertiary/aromatic N) is 1. The van der Waals surface area contributed by atoms with Gasteiger partial charge in [-0.15, -0.1) is 0 Å². The third-order valence-electron chi connectivity index (χ3n) is 7.18. The second-order valence-corrected chi connectivity index (χ2v) is 9.76. The van der Waals surface area contributed by atoms with Crippen LogP contribution in [0.5, 0.6) is 5.75 Å². The largest absolute Gasteiger partial charge is 0.508 e. The summed E-state index contributed by atoms with van der Waals surface area (Å²) < 4.78 is 0. The normalized spacial score (nSPS) is 17.1. The Morgan fingerprint density at radius 2 is 1.64 bits per heavy atom. The molecule has 0 saturated heterocycles. The lowest BCUT2D eigenvalue weighted by Crippen LogP contribution is -2.46. The molecule has 1 aliphatic heterocycles. The predicted molar refractivity (Wildman–Crippen MR) is 151 cm³/mol. The fraction of sp³-hybridized carbons (Fsp3) is 0.226. The highest BCUT2D eigenvalue weighted by Gasteiger charge is 2.37. The van der Waals surface area contributed by atoms with Gasteiger partial charge in [-0.25, -0.2) is 4.79 Å². The summed E-state index contributed by atoms with van der Waals surface area (Å²) in [4.78, 5) is 30.6. The molecule has 0 unspecified atom stereocenters. The van der Waals surface area contributed by atoms with E-state index in [0.717, 1.165) is 22.3 Å². The number of hydrogen-bond donors (Lipinski definition) is 5. The average molecular weight is 525 g/mol. The Morgan fingerprint density at radius 1 is 0.949 bits per heavy atom. The molecule has 2 heterocycles. The molecule has 6 N–H and O–H groups in total. The van der Waals surface area contributed by atoms with E-state index in [1.54, 1.807) is 23.1 Å². The smallest absolute Gasteiger partial charge is 0.352 e. The van der Waals surface area contributed by atoms with Crippen molar-refractivity contribution in [2.45, 2.75) is 31.3 Å². The number of anilines is 1. The number of phenols is 1. The van der Waals surface area contributed by atoms with E-state index in [9.17, 15) is 19.8 Å². The van der Waals surface area contributed by atoms with Gasteiger partial charge in [-0.2, -0.15) is 0 Å². The summed E-state index contributed by atoms with van der Waals surface area (Å²) >= 11 is 0. The van der Waals surface area contributed by atoms with Crippen LogP contribution in [0.4, 0.5) is 5.69 Å². The lowest BCUT2D eigenvalue weighted by atomic mass is 9.98. The number of hydrogen-bond acceptors (Lipinski definition) is 5. The van der Waals surface area contributed by atoms with Crippen LogP contribution in [0.3, 0.4) is 0 Å². The molecule has 1 aromatic heterocycles. The van der Waals surface area contributed by atoms with Crippen molar-refractivity contribution in [1.29, 1.82) is 0 Å². The van der Waals surface area contributed by atoms with Crippen LogP contribution in [0.15, 0.2) is 84.9 Å². The first-order chi connectivity index (χ1) is 18.9. The van der Waals surface area contributed by atoms with Crippen molar-refractivity contribution in [1.82, 2.24) is 10.3 Å². The zero-order chi connectivity index (χ0) is 27.4. The Kier molecular flexibility index (Phi) is 7.76. The summed E-state index contributed by atoms with van der Waals surface area (Å²) in [7, 11) is 0. The summed E-state index contributed by atoms with van der Waals surface area (Å²) in [6.07, 6.45) is 1.77. The number of amides is 1. The molecule has 0 aliphatic carbocycles. The standard InChI is InChI=1S/C31H32N4O4/c32-17-4-7-25-30(37)35(18-16-20-8-14-24(36)15-9-20)27-19-26(31(38)39)34-29(27)28(33-25)23-12-10-22(11-13-23)21-5-2-1-3-6-21/h1-3,5-6,8-15,19,25,28,33-34,36H,4,7,16-18,32H2,(H,38,39)/t25-,28+/m0/s1. The van der Waals surface area contributed by atoms with Crippen LogP contribution in [0.25, 0.3) is 11.1 Å². The summed E-state index contributed by atoms with van der Waals surface area (Å²) in [6.45, 7) is 0.817. The van der Waals surface area contributed by atoms with Gasteiger partial charge in [0.25, 0.3) is 0 Å². The van der Waals surface area contributed by atoms with Crippen LogP contribution in [0.1, 0.15) is 46.2 Å². The molecule has 4 aromatic rings. The number of carbonyl (C=O) groups excluding carboxylic acids is 1. The van der Waals surface area contributed by atoms with Gasteiger partial charge >= 0.3 is 5.97 Å². The molecule has 200 valence electrons. The number of nitrogens with two attached hydrogens (primary N) is 1. The molecule has 39 heavy (non-hydrogen) atoms. The number of aromatic nitrogens is 1. The Morgan fingerprint density at radius 3 is 2.31 bits per heavy atom. The highest BCUT2D eigenvalue weighted by atomic mass is 16.4. The van der Waals surface area contributed by atoms with E-state index in [1.165, 1.54) is 0 Å². The summed E-state index contributed by atoms with van der Waals surface area (Å²) in [5, 5.41) is 22.9. The number of aromatic hydroxyl groups is 1. The first-order valence-electron chi connectivity index (χ1n) is 13.1. The van der Waals surface area contributed by atoms with Gasteiger partial charge in [-0.3, -0.25) is 10.1 Å². The number of fused-ring (bicyclic) bond motifs is 1. The number of aromatic amines is 1. The van der Waals surface area contributed by atoms with Gasteiger partial charge in [-0.05, 0) is 66.3 Å². The molecule has 8 nitrogen and oxygen atoms in total. The van der Waals surface area contributed by atoms with Gasteiger partial charge in [0, 0.05) is 6.54 Å². The van der Waals surface area contributed by atoms with Crippen molar-refractivity contribution >= 4 is 17.6 Å². The van der Waals surface area contributed by atoms with Crippen molar-refractivity contribution in [2.24, 2.45) is 5.73 Å². The molecule has 2 atom stereocenters. The number of phenolic OH excluding ortho intramolecular Hbond substituents is 1. The first-order valence-corrected chi connectivity index (χ1v) is 13.1. The van der Waals surface area contributed by atoms with E-state index in [-0.39, 0.29) is 17.4 Å². The van der Waals surface area contributed by atoms with E-state index in [1.807, 2.05) is 54.6 Å². The molecule has 5 rings (SSSR count). The Bertz CT molecular complexity index is 1430. The molecule has 3 aromatic carbocycles. The van der Waals surface area contributed by atoms with Crippen LogP contribution in [0.2, 0.25) is 0 Å². The van der Waals surface area contributed by atoms with E-state index in [4.69, 9.17) is 5.73 Å². The minimum Gasteiger partial charge on any atom is -0.508 e. The number of H-pyrrole nitrogens is 1. The highest BCUT2D eigenvalue weighted by molar-refractivity contribution is 6.00. The molecule has 0 fully saturated rings. The predicted octanol–water partition coefficient (Wildman–Crippen LogP) is 4.46. The zero-order valence-electron chi connectivity index (χ0n) is 21.5. The topological polar surface area (TPSA) is 132 Å². The second-order valence-electron chi connectivity index (χ2n) is 9.76. The van der Waals surface area contributed by atoms with Gasteiger partial charge in [0.2, 0.25) is 5.91 Å². The number of carboxylic acids is 1. The SMILES string of the molecule is NCCC[C@@H]1N[C@H](c2ccc(-c3ccccc3)cc2)c2[nH]c(C(=O)O)cc2N(CCc2ccc(O)cc2)C1=O. The van der Waals surface area contributed by atoms with E-state index >= 15 is 0 Å². The third-order valence-corrected chi connectivity index (χ3v) is 7.18. The van der Waals surface area contributed by atoms with Gasteiger partial charge in [0.15, 0.2) is 0 Å².